The Morgan fingerprint density at radius 1 is 1.11 bits per heavy atom. The second kappa shape index (κ2) is 7.46. The molecule has 0 radical (unpaired) electrons. The quantitative estimate of drug-likeness (QED) is 0.515. The number of amidine groups is 1. The Kier molecular flexibility index (Phi) is 5.23. The number of fused-ring (bicyclic) bond motifs is 1. The summed E-state index contributed by atoms with van der Waals surface area (Å²) < 4.78 is 27.9. The third kappa shape index (κ3) is 3.63. The first-order valence-electron chi connectivity index (χ1n) is 8.93. The summed E-state index contributed by atoms with van der Waals surface area (Å²) in [7, 11) is 0. The van der Waals surface area contributed by atoms with Crippen molar-refractivity contribution in [1.82, 2.24) is 4.98 Å². The van der Waals surface area contributed by atoms with E-state index in [0.29, 0.717) is 22.0 Å². The van der Waals surface area contributed by atoms with Crippen LogP contribution in [-0.4, -0.2) is 16.7 Å². The van der Waals surface area contributed by atoms with E-state index < -0.39 is 17.5 Å². The van der Waals surface area contributed by atoms with Crippen molar-refractivity contribution in [3.63, 3.8) is 0 Å². The minimum Gasteiger partial charge on any atom is -0.387 e. The molecule has 6 heteroatoms. The Hall–Kier alpha value is -3.15. The molecule has 2 aromatic carbocycles. The van der Waals surface area contributed by atoms with Gasteiger partial charge < -0.3 is 5.73 Å². The molecule has 0 aliphatic rings. The number of pyridine rings is 1. The predicted octanol–water partition coefficient (Wildman–Crippen LogP) is 4.95. The van der Waals surface area contributed by atoms with Gasteiger partial charge in [0.15, 0.2) is 0 Å². The molecular weight excluding hydrogens is 360 g/mol. The summed E-state index contributed by atoms with van der Waals surface area (Å²) in [6.07, 6.45) is 0. The summed E-state index contributed by atoms with van der Waals surface area (Å²) in [6.45, 7) is 7.34. The Balaban J connectivity index is 2.27. The number of rotatable bonds is 3. The molecule has 0 bridgehead atoms. The zero-order chi connectivity index (χ0) is 20.6. The number of carbonyl (C=O) groups is 1. The van der Waals surface area contributed by atoms with Crippen LogP contribution < -0.4 is 5.73 Å². The molecule has 3 aromatic rings. The molecule has 0 aliphatic carbocycles. The van der Waals surface area contributed by atoms with Crippen LogP contribution in [-0.2, 0) is 0 Å². The SMILES string of the molecule is Cc1nc2ccc(C(=O)N=C(N)C(C)C)cc2c(-c2ccc(F)cc2F)c1C. The minimum absolute atomic E-state index is 0.0557. The topological polar surface area (TPSA) is 68.3 Å². The van der Waals surface area contributed by atoms with Crippen molar-refractivity contribution >= 4 is 22.6 Å². The fourth-order valence-electron chi connectivity index (χ4n) is 2.96. The number of aliphatic imine (C=N–C) groups is 1. The number of hydrogen-bond donors (Lipinski definition) is 1. The number of nitrogens with zero attached hydrogens (tertiary/aromatic N) is 2. The Morgan fingerprint density at radius 3 is 2.46 bits per heavy atom. The lowest BCUT2D eigenvalue weighted by Crippen LogP contribution is -2.20. The fraction of sp³-hybridized carbons (Fsp3) is 0.227. The number of carbonyl (C=O) groups excluding carboxylic acids is 1. The standard InChI is InChI=1S/C22H21F2N3O/c1-11(2)21(25)27-22(28)14-5-8-19-17(9-14)20(12(3)13(4)26-19)16-7-6-15(23)10-18(16)24/h5-11H,1-4H3,(H2,25,27,28). The van der Waals surface area contributed by atoms with E-state index in [1.165, 1.54) is 12.1 Å². The van der Waals surface area contributed by atoms with E-state index in [2.05, 4.69) is 9.98 Å². The van der Waals surface area contributed by atoms with Gasteiger partial charge in [0.1, 0.15) is 17.5 Å². The number of nitrogens with two attached hydrogens (primary N) is 1. The average molecular weight is 381 g/mol. The summed E-state index contributed by atoms with van der Waals surface area (Å²) in [5.41, 5.74) is 9.05. The van der Waals surface area contributed by atoms with Gasteiger partial charge >= 0.3 is 0 Å². The molecule has 4 nitrogen and oxygen atoms in total. The summed E-state index contributed by atoms with van der Waals surface area (Å²) in [6, 6.07) is 8.40. The Morgan fingerprint density at radius 2 is 1.82 bits per heavy atom. The second-order valence-corrected chi connectivity index (χ2v) is 7.05. The second-order valence-electron chi connectivity index (χ2n) is 7.05. The van der Waals surface area contributed by atoms with E-state index in [1.54, 1.807) is 18.2 Å². The van der Waals surface area contributed by atoms with E-state index in [4.69, 9.17) is 5.73 Å². The zero-order valence-electron chi connectivity index (χ0n) is 16.2. The lowest BCUT2D eigenvalue weighted by atomic mass is 9.93. The average Bonchev–Trinajstić information content (AvgIpc) is 2.63. The predicted molar refractivity (Wildman–Crippen MR) is 107 cm³/mol. The molecule has 0 fully saturated rings. The van der Waals surface area contributed by atoms with Gasteiger partial charge in [-0.3, -0.25) is 9.78 Å². The van der Waals surface area contributed by atoms with Crippen molar-refractivity contribution in [2.75, 3.05) is 0 Å². The summed E-state index contributed by atoms with van der Waals surface area (Å²) >= 11 is 0. The van der Waals surface area contributed by atoms with Crippen LogP contribution in [0.4, 0.5) is 8.78 Å². The highest BCUT2D eigenvalue weighted by molar-refractivity contribution is 6.07. The number of benzene rings is 2. The van der Waals surface area contributed by atoms with Gasteiger partial charge in [0, 0.05) is 34.2 Å². The van der Waals surface area contributed by atoms with E-state index in [1.807, 2.05) is 27.7 Å². The van der Waals surface area contributed by atoms with Crippen molar-refractivity contribution in [2.45, 2.75) is 27.7 Å². The smallest absolute Gasteiger partial charge is 0.278 e. The first-order valence-corrected chi connectivity index (χ1v) is 8.93. The van der Waals surface area contributed by atoms with Gasteiger partial charge in [0.05, 0.1) is 5.52 Å². The van der Waals surface area contributed by atoms with Crippen LogP contribution >= 0.6 is 0 Å². The van der Waals surface area contributed by atoms with Crippen LogP contribution in [0.2, 0.25) is 0 Å². The Bertz CT molecular complexity index is 1120. The number of aromatic nitrogens is 1. The Labute approximate surface area is 162 Å². The van der Waals surface area contributed by atoms with Crippen molar-refractivity contribution in [2.24, 2.45) is 16.6 Å². The van der Waals surface area contributed by atoms with Crippen LogP contribution in [0.5, 0.6) is 0 Å². The van der Waals surface area contributed by atoms with E-state index in [0.717, 1.165) is 17.3 Å². The molecule has 0 saturated carbocycles. The van der Waals surface area contributed by atoms with E-state index in [9.17, 15) is 13.6 Å². The van der Waals surface area contributed by atoms with Crippen molar-refractivity contribution < 1.29 is 13.6 Å². The molecule has 144 valence electrons. The minimum atomic E-state index is -0.672. The highest BCUT2D eigenvalue weighted by Crippen LogP contribution is 2.35. The molecule has 0 saturated heterocycles. The molecular formula is C22H21F2N3O. The van der Waals surface area contributed by atoms with Gasteiger partial charge in [-0.25, -0.2) is 8.78 Å². The third-order valence-corrected chi connectivity index (χ3v) is 4.74. The number of hydrogen-bond acceptors (Lipinski definition) is 2. The fourth-order valence-corrected chi connectivity index (χ4v) is 2.96. The largest absolute Gasteiger partial charge is 0.387 e. The van der Waals surface area contributed by atoms with Crippen molar-refractivity contribution in [3.05, 3.63) is 64.9 Å². The first kappa shape index (κ1) is 19.6. The van der Waals surface area contributed by atoms with Crippen LogP contribution in [0.25, 0.3) is 22.0 Å². The summed E-state index contributed by atoms with van der Waals surface area (Å²) in [5, 5.41) is 0.595. The maximum atomic E-state index is 14.5. The molecule has 1 heterocycles. The molecule has 28 heavy (non-hydrogen) atoms. The zero-order valence-corrected chi connectivity index (χ0v) is 16.2. The van der Waals surface area contributed by atoms with Crippen LogP contribution in [0.1, 0.15) is 35.5 Å². The third-order valence-electron chi connectivity index (χ3n) is 4.74. The van der Waals surface area contributed by atoms with Crippen LogP contribution in [0.3, 0.4) is 0 Å². The molecule has 2 N–H and O–H groups in total. The lowest BCUT2D eigenvalue weighted by Gasteiger charge is -2.14. The molecule has 0 aliphatic heterocycles. The molecule has 3 rings (SSSR count). The number of amides is 1. The number of aryl methyl sites for hydroxylation is 1. The molecule has 0 atom stereocenters. The molecule has 1 aromatic heterocycles. The van der Waals surface area contributed by atoms with Crippen LogP contribution in [0.15, 0.2) is 41.4 Å². The van der Waals surface area contributed by atoms with Gasteiger partial charge in [-0.05, 0) is 55.3 Å². The number of halogens is 2. The maximum absolute atomic E-state index is 14.5. The highest BCUT2D eigenvalue weighted by atomic mass is 19.1. The normalized spacial score (nSPS) is 12.0. The van der Waals surface area contributed by atoms with Crippen molar-refractivity contribution in [3.8, 4) is 11.1 Å². The van der Waals surface area contributed by atoms with Gasteiger partial charge in [-0.15, -0.1) is 0 Å². The molecule has 1 amide bonds. The van der Waals surface area contributed by atoms with Gasteiger partial charge in [0.2, 0.25) is 0 Å². The molecule has 0 spiro atoms. The highest BCUT2D eigenvalue weighted by Gasteiger charge is 2.17. The van der Waals surface area contributed by atoms with Gasteiger partial charge in [-0.2, -0.15) is 4.99 Å². The van der Waals surface area contributed by atoms with Gasteiger partial charge in [-0.1, -0.05) is 13.8 Å². The maximum Gasteiger partial charge on any atom is 0.278 e. The molecule has 0 unspecified atom stereocenters. The summed E-state index contributed by atoms with van der Waals surface area (Å²) in [4.78, 5) is 21.0. The summed E-state index contributed by atoms with van der Waals surface area (Å²) in [5.74, 6) is -1.61. The van der Waals surface area contributed by atoms with E-state index >= 15 is 0 Å². The van der Waals surface area contributed by atoms with Gasteiger partial charge in [0.25, 0.3) is 5.91 Å². The monoisotopic (exact) mass is 381 g/mol. The van der Waals surface area contributed by atoms with E-state index in [-0.39, 0.29) is 17.3 Å². The lowest BCUT2D eigenvalue weighted by molar-refractivity contribution is 0.100. The van der Waals surface area contributed by atoms with Crippen molar-refractivity contribution in [1.29, 1.82) is 0 Å². The first-order chi connectivity index (χ1) is 13.2. The van der Waals surface area contributed by atoms with Crippen LogP contribution in [0, 0.1) is 31.4 Å².